The van der Waals surface area contributed by atoms with E-state index in [9.17, 15) is 67.8 Å². The Balaban J connectivity index is 2.57. The average Bonchev–Trinajstić information content (AvgIpc) is 3.24. The van der Waals surface area contributed by atoms with Gasteiger partial charge in [-0.15, -0.1) is 0 Å². The molecule has 362 valence electrons. The molecule has 26 heteroatoms. The van der Waals surface area contributed by atoms with E-state index in [4.69, 9.17) is 17.2 Å². The quantitative estimate of drug-likeness (QED) is 0.0646. The summed E-state index contributed by atoms with van der Waals surface area (Å²) in [6.45, 7) is 1.09. The first-order valence-corrected chi connectivity index (χ1v) is 22.1. The number of primary amides is 3. The summed E-state index contributed by atoms with van der Waals surface area (Å²) in [6, 6.07) is -3.30. The average molecular weight is 940 g/mol. The predicted octanol–water partition coefficient (Wildman–Crippen LogP) is -6.58. The minimum Gasteiger partial charge on any atom is -0.616 e. The molecule has 1 aromatic carbocycles. The highest BCUT2D eigenvalue weighted by Crippen LogP contribution is 2.15. The van der Waals surface area contributed by atoms with Gasteiger partial charge in [-0.3, -0.25) is 53.3 Å². The van der Waals surface area contributed by atoms with Crippen LogP contribution in [0.25, 0.3) is 0 Å². The van der Waals surface area contributed by atoms with Crippen molar-refractivity contribution in [3.8, 4) is 5.75 Å². The maximum absolute atomic E-state index is 14.0. The van der Waals surface area contributed by atoms with Crippen LogP contribution in [0, 0.1) is 5.92 Å². The van der Waals surface area contributed by atoms with Crippen LogP contribution in [0.2, 0.25) is 0 Å². The molecular weight excluding hydrogens is 879 g/mol. The van der Waals surface area contributed by atoms with Crippen molar-refractivity contribution in [2.24, 2.45) is 23.1 Å². The molecule has 25 nitrogen and oxygen atoms in total. The Kier molecular flexibility index (Phi) is 23.1. The number of carbonyl (C=O) groups excluding carboxylic acids is 10. The number of carbonyl (C=O) groups is 10. The number of hydrogen-bond acceptors (Lipinski definition) is 15. The largest absolute Gasteiger partial charge is 0.616 e. The summed E-state index contributed by atoms with van der Waals surface area (Å²) in [7, 11) is 1.14. The van der Waals surface area contributed by atoms with Crippen molar-refractivity contribution >= 4 is 70.2 Å². The van der Waals surface area contributed by atoms with Crippen LogP contribution in [0.3, 0.4) is 0 Å². The minimum atomic E-state index is -1.83. The van der Waals surface area contributed by atoms with Crippen molar-refractivity contribution < 1.29 is 67.8 Å². The first-order valence-electron chi connectivity index (χ1n) is 20.6. The number of benzene rings is 1. The normalized spacial score (nSPS) is 23.8. The number of phenols is 1. The van der Waals surface area contributed by atoms with Gasteiger partial charge in [-0.25, -0.2) is 0 Å². The van der Waals surface area contributed by atoms with Crippen LogP contribution in [0.1, 0.15) is 57.9 Å². The van der Waals surface area contributed by atoms with Crippen molar-refractivity contribution in [3.63, 3.8) is 0 Å². The number of aliphatic hydroxyl groups excluding tert-OH is 2. The Bertz CT molecular complexity index is 1860. The molecule has 9 atom stereocenters. The van der Waals surface area contributed by atoms with E-state index in [1.807, 2.05) is 0 Å². The summed E-state index contributed by atoms with van der Waals surface area (Å²) in [5.74, 6) is -10.8. The van der Waals surface area contributed by atoms with Gasteiger partial charge in [-0.05, 0) is 36.5 Å². The zero-order valence-electron chi connectivity index (χ0n) is 36.3. The number of aromatic hydroxyl groups is 1. The summed E-state index contributed by atoms with van der Waals surface area (Å²) in [4.78, 5) is 131. The van der Waals surface area contributed by atoms with E-state index >= 15 is 0 Å². The lowest BCUT2D eigenvalue weighted by atomic mass is 9.96. The highest BCUT2D eigenvalue weighted by molar-refractivity contribution is 7.91. The van der Waals surface area contributed by atoms with Gasteiger partial charge in [0.05, 0.1) is 32.2 Å². The number of rotatable bonds is 17. The van der Waals surface area contributed by atoms with E-state index in [1.54, 1.807) is 13.8 Å². The Hall–Kier alpha value is -6.09. The summed E-state index contributed by atoms with van der Waals surface area (Å²) >= 11 is -1.83. The molecule has 0 aromatic heterocycles. The monoisotopic (exact) mass is 939 g/mol. The third kappa shape index (κ3) is 19.7. The van der Waals surface area contributed by atoms with Gasteiger partial charge in [0.25, 0.3) is 0 Å². The molecule has 1 saturated heterocycles. The van der Waals surface area contributed by atoms with Crippen molar-refractivity contribution in [1.82, 2.24) is 42.1 Å². The lowest BCUT2D eigenvalue weighted by Gasteiger charge is -2.30. The van der Waals surface area contributed by atoms with E-state index < -0.39 is 164 Å². The molecule has 2 unspecified atom stereocenters. The van der Waals surface area contributed by atoms with Gasteiger partial charge in [-0.2, -0.15) is 0 Å². The summed E-state index contributed by atoms with van der Waals surface area (Å²) < 4.78 is 13.4. The highest BCUT2D eigenvalue weighted by atomic mass is 32.2. The molecule has 1 aliphatic heterocycles. The Labute approximate surface area is 377 Å². The van der Waals surface area contributed by atoms with E-state index in [2.05, 4.69) is 37.2 Å². The molecular formula is C39H61N11O14S. The van der Waals surface area contributed by atoms with Crippen LogP contribution in [0.15, 0.2) is 24.3 Å². The highest BCUT2D eigenvalue weighted by Gasteiger charge is 2.36. The van der Waals surface area contributed by atoms with Gasteiger partial charge < -0.3 is 73.9 Å². The van der Waals surface area contributed by atoms with Gasteiger partial charge >= 0.3 is 0 Å². The fourth-order valence-corrected chi connectivity index (χ4v) is 7.47. The third-order valence-corrected chi connectivity index (χ3v) is 11.5. The molecule has 2 rings (SSSR count). The molecule has 65 heavy (non-hydrogen) atoms. The fourth-order valence-electron chi connectivity index (χ4n) is 6.28. The lowest BCUT2D eigenvalue weighted by Crippen LogP contribution is -2.61. The number of hydrogen-bond donors (Lipinski definition) is 13. The van der Waals surface area contributed by atoms with Crippen molar-refractivity contribution in [2.45, 2.75) is 101 Å². The second kappa shape index (κ2) is 27.3. The van der Waals surface area contributed by atoms with Crippen LogP contribution in [-0.4, -0.2) is 165 Å². The van der Waals surface area contributed by atoms with Crippen LogP contribution in [0.5, 0.6) is 5.75 Å². The lowest BCUT2D eigenvalue weighted by molar-refractivity contribution is -0.140. The third-order valence-electron chi connectivity index (χ3n) is 10.1. The molecule has 0 radical (unpaired) electrons. The first kappa shape index (κ1) is 55.0. The Morgan fingerprint density at radius 1 is 0.862 bits per heavy atom. The Morgan fingerprint density at radius 2 is 1.46 bits per heavy atom. The second-order valence-electron chi connectivity index (χ2n) is 15.4. The van der Waals surface area contributed by atoms with E-state index in [-0.39, 0.29) is 30.1 Å². The number of nitrogens with two attached hydrogens (primary N) is 3. The molecule has 10 amide bonds. The molecule has 0 bridgehead atoms. The molecule has 1 fully saturated rings. The SMILES string of the molecule is CC[C@H](C)[C@@H]1NC(=O)[C@@H](Cc2ccc(O)cc2)NC(O)CC[S+]([O-])CC[C@@H](C(=O)N(C)CC(=O)N[C@@H](CO)C(=O)NCC(N)=O)NC(=O)[C@H](CC(N)=O)NC(=O)[C@H](CCC(N)=O)NC1=O. The van der Waals surface area contributed by atoms with E-state index in [0.717, 1.165) is 11.9 Å². The molecule has 1 aliphatic rings. The first-order chi connectivity index (χ1) is 30.5. The number of amides is 10. The van der Waals surface area contributed by atoms with Gasteiger partial charge in [-0.1, -0.05) is 43.6 Å². The summed E-state index contributed by atoms with van der Waals surface area (Å²) in [5, 5.41) is 47.4. The topological polar surface area (TPSA) is 420 Å². The number of nitrogens with one attached hydrogen (secondary N) is 7. The van der Waals surface area contributed by atoms with Gasteiger partial charge in [0.2, 0.25) is 59.1 Å². The molecule has 16 N–H and O–H groups in total. The predicted molar refractivity (Wildman–Crippen MR) is 230 cm³/mol. The van der Waals surface area contributed by atoms with Crippen LogP contribution in [0.4, 0.5) is 0 Å². The van der Waals surface area contributed by atoms with Gasteiger partial charge in [0.15, 0.2) is 0 Å². The van der Waals surface area contributed by atoms with Crippen molar-refractivity contribution in [1.29, 1.82) is 0 Å². The van der Waals surface area contributed by atoms with Gasteiger partial charge in [0, 0.05) is 26.3 Å². The van der Waals surface area contributed by atoms with Crippen LogP contribution < -0.4 is 54.4 Å². The summed E-state index contributed by atoms with van der Waals surface area (Å²) in [6.07, 6.45) is -3.51. The molecule has 0 saturated carbocycles. The van der Waals surface area contributed by atoms with Crippen molar-refractivity contribution in [2.75, 3.05) is 38.2 Å². The maximum atomic E-state index is 14.0. The zero-order chi connectivity index (χ0) is 49.0. The van der Waals surface area contributed by atoms with Crippen LogP contribution in [-0.2, 0) is 65.5 Å². The molecule has 0 aliphatic carbocycles. The van der Waals surface area contributed by atoms with Gasteiger partial charge in [0.1, 0.15) is 53.7 Å². The molecule has 1 heterocycles. The number of aliphatic hydroxyl groups is 2. The Morgan fingerprint density at radius 3 is 2.05 bits per heavy atom. The molecule has 0 spiro atoms. The second-order valence-corrected chi connectivity index (χ2v) is 17.1. The summed E-state index contributed by atoms with van der Waals surface area (Å²) in [5.41, 5.74) is 16.3. The number of nitrogens with zero attached hydrogens (tertiary/aromatic N) is 1. The minimum absolute atomic E-state index is 0.0493. The van der Waals surface area contributed by atoms with E-state index in [0.29, 0.717) is 12.0 Å². The number of phenolic OH excluding ortho intramolecular Hbond substituents is 1. The molecule has 1 aromatic rings. The maximum Gasteiger partial charge on any atom is 0.245 e. The van der Waals surface area contributed by atoms with Crippen molar-refractivity contribution in [3.05, 3.63) is 29.8 Å². The number of likely N-dealkylation sites (N-methyl/N-ethyl adjacent to an activating group) is 1. The zero-order valence-corrected chi connectivity index (χ0v) is 37.1. The van der Waals surface area contributed by atoms with E-state index in [1.165, 1.54) is 24.3 Å². The fraction of sp³-hybridized carbons (Fsp3) is 0.590. The smallest absolute Gasteiger partial charge is 0.245 e. The standard InChI is InChI=1S/C39H61N11O14S/c1-4-20(2)33-38(62)46-23(9-10-28(40)53)35(59)48-26(16-29(41)54)36(60)47-24(39(63)50(3)18-32(57)45-27(19-51)34(58)43-17-30(42)55)11-13-65(64)14-12-31(56)44-25(37(61)49-33)15-21-5-7-22(52)8-6-21/h5-8,20,23-27,31,33,44,51-52,56H,4,9-19H2,1-3H3,(H2,40,53)(H2,41,54)(H2,42,55)(H,43,58)(H,45,57)(H,46,62)(H,47,60)(H,48,59)(H,49,61)/t20-,23-,24-,25+,26-,27-,31?,33-,65?/m0/s1. The van der Waals surface area contributed by atoms with Crippen LogP contribution >= 0.6 is 0 Å².